The zero-order valence-corrected chi connectivity index (χ0v) is 12.9. The molecule has 0 aliphatic heterocycles. The van der Waals surface area contributed by atoms with E-state index in [1.54, 1.807) is 12.3 Å². The predicted molar refractivity (Wildman–Crippen MR) is 92.6 cm³/mol. The Morgan fingerprint density at radius 3 is 2.26 bits per heavy atom. The van der Waals surface area contributed by atoms with Gasteiger partial charge in [-0.15, -0.1) is 0 Å². The molecule has 1 heterocycles. The minimum Gasteiger partial charge on any atom is -0.371 e. The molecule has 0 aliphatic carbocycles. The van der Waals surface area contributed by atoms with Gasteiger partial charge in [0.1, 0.15) is 11.7 Å². The average Bonchev–Trinajstić information content (AvgIpc) is 2.62. The summed E-state index contributed by atoms with van der Waals surface area (Å²) in [4.78, 5) is 17.1. The molecule has 1 aromatic heterocycles. The van der Waals surface area contributed by atoms with Crippen molar-refractivity contribution in [2.75, 3.05) is 5.32 Å². The molecule has 0 radical (unpaired) electrons. The number of hydrogen-bond acceptors (Lipinski definition) is 3. The van der Waals surface area contributed by atoms with Gasteiger partial charge in [-0.3, -0.25) is 9.78 Å². The number of carbonyl (C=O) groups is 1. The zero-order valence-electron chi connectivity index (χ0n) is 12.9. The highest BCUT2D eigenvalue weighted by molar-refractivity contribution is 6.00. The molecule has 3 heteroatoms. The van der Waals surface area contributed by atoms with Gasteiger partial charge in [0, 0.05) is 11.9 Å². The molecular weight excluding hydrogens is 284 g/mol. The quantitative estimate of drug-likeness (QED) is 0.709. The number of aryl methyl sites for hydroxylation is 1. The summed E-state index contributed by atoms with van der Waals surface area (Å²) in [5.74, 6) is -0.0441. The van der Waals surface area contributed by atoms with Crippen molar-refractivity contribution in [3.8, 4) is 0 Å². The highest BCUT2D eigenvalue weighted by atomic mass is 16.1. The number of nitrogens with zero attached hydrogens (tertiary/aromatic N) is 1. The first-order valence-electron chi connectivity index (χ1n) is 7.57. The van der Waals surface area contributed by atoms with E-state index in [0.717, 1.165) is 11.3 Å². The number of ketones is 1. The van der Waals surface area contributed by atoms with Crippen LogP contribution >= 0.6 is 0 Å². The molecule has 0 spiro atoms. The molecule has 0 saturated heterocycles. The Kier molecular flexibility index (Phi) is 4.48. The van der Waals surface area contributed by atoms with Crippen LogP contribution in [0, 0.1) is 6.92 Å². The molecular formula is C20H18N2O. The maximum absolute atomic E-state index is 12.9. The van der Waals surface area contributed by atoms with E-state index in [2.05, 4.69) is 10.3 Å². The number of aromatic nitrogens is 1. The van der Waals surface area contributed by atoms with Crippen LogP contribution in [0.1, 0.15) is 27.7 Å². The molecule has 1 atom stereocenters. The van der Waals surface area contributed by atoms with Crippen LogP contribution in [0.3, 0.4) is 0 Å². The molecule has 3 rings (SSSR count). The molecule has 2 aromatic carbocycles. The fourth-order valence-electron chi connectivity index (χ4n) is 2.42. The lowest BCUT2D eigenvalue weighted by atomic mass is 9.99. The van der Waals surface area contributed by atoms with Gasteiger partial charge in [0.05, 0.1) is 0 Å². The molecule has 3 nitrogen and oxygen atoms in total. The van der Waals surface area contributed by atoms with Gasteiger partial charge >= 0.3 is 0 Å². The van der Waals surface area contributed by atoms with Crippen LogP contribution in [0.4, 0.5) is 5.69 Å². The average molecular weight is 302 g/mol. The predicted octanol–water partition coefficient (Wildman–Crippen LogP) is 4.43. The number of Topliss-reactive ketones (excluding diaryl/α,β-unsaturated/α-hetero) is 1. The van der Waals surface area contributed by atoms with Crippen LogP contribution in [0.5, 0.6) is 0 Å². The second kappa shape index (κ2) is 6.88. The number of carbonyl (C=O) groups excluding carboxylic acids is 1. The number of hydrogen-bond donors (Lipinski definition) is 1. The van der Waals surface area contributed by atoms with Gasteiger partial charge in [-0.05, 0) is 36.8 Å². The minimum absolute atomic E-state index is 0.0441. The summed E-state index contributed by atoms with van der Waals surface area (Å²) in [7, 11) is 0. The Labute approximate surface area is 136 Å². The first-order valence-corrected chi connectivity index (χ1v) is 7.57. The van der Waals surface area contributed by atoms with Gasteiger partial charge in [-0.2, -0.15) is 0 Å². The largest absolute Gasteiger partial charge is 0.371 e. The van der Waals surface area contributed by atoms with E-state index in [-0.39, 0.29) is 5.78 Å². The smallest absolute Gasteiger partial charge is 0.207 e. The first kappa shape index (κ1) is 15.0. The molecule has 0 saturated carbocycles. The van der Waals surface area contributed by atoms with Gasteiger partial charge in [0.2, 0.25) is 5.78 Å². The van der Waals surface area contributed by atoms with Gasteiger partial charge in [0.15, 0.2) is 0 Å². The normalized spacial score (nSPS) is 11.7. The Balaban J connectivity index is 1.94. The Morgan fingerprint density at radius 2 is 1.61 bits per heavy atom. The van der Waals surface area contributed by atoms with Crippen LogP contribution in [0.2, 0.25) is 0 Å². The van der Waals surface area contributed by atoms with Crippen molar-refractivity contribution in [1.29, 1.82) is 0 Å². The van der Waals surface area contributed by atoms with E-state index in [0.29, 0.717) is 5.69 Å². The highest BCUT2D eigenvalue weighted by Gasteiger charge is 2.22. The summed E-state index contributed by atoms with van der Waals surface area (Å²) < 4.78 is 0. The standard InChI is InChI=1S/C20H18N2O/c1-15-10-12-17(13-11-15)22-19(16-7-3-2-4-8-16)20(23)18-9-5-6-14-21-18/h2-14,19,22H,1H3. The molecule has 1 N–H and O–H groups in total. The lowest BCUT2D eigenvalue weighted by molar-refractivity contribution is 0.0964. The van der Waals surface area contributed by atoms with Crippen molar-refractivity contribution in [2.24, 2.45) is 0 Å². The van der Waals surface area contributed by atoms with Crippen molar-refractivity contribution in [1.82, 2.24) is 4.98 Å². The Bertz CT molecular complexity index is 768. The lowest BCUT2D eigenvalue weighted by Crippen LogP contribution is -2.22. The number of rotatable bonds is 5. The van der Waals surface area contributed by atoms with Crippen LogP contribution in [0.25, 0.3) is 0 Å². The van der Waals surface area contributed by atoms with Crippen LogP contribution in [-0.4, -0.2) is 10.8 Å². The summed E-state index contributed by atoms with van der Waals surface area (Å²) in [6.45, 7) is 2.04. The monoisotopic (exact) mass is 302 g/mol. The number of pyridine rings is 1. The number of anilines is 1. The molecule has 0 amide bonds. The molecule has 0 aliphatic rings. The third-order valence-corrected chi connectivity index (χ3v) is 3.68. The second-order valence-corrected chi connectivity index (χ2v) is 5.43. The molecule has 1 unspecified atom stereocenters. The highest BCUT2D eigenvalue weighted by Crippen LogP contribution is 2.23. The SMILES string of the molecule is Cc1ccc(NC(C(=O)c2ccccn2)c2ccccc2)cc1. The van der Waals surface area contributed by atoms with Gasteiger partial charge in [0.25, 0.3) is 0 Å². The molecule has 0 fully saturated rings. The Hall–Kier alpha value is -2.94. The number of benzene rings is 2. The maximum Gasteiger partial charge on any atom is 0.207 e. The van der Waals surface area contributed by atoms with Crippen molar-refractivity contribution < 1.29 is 4.79 Å². The zero-order chi connectivity index (χ0) is 16.1. The summed E-state index contributed by atoms with van der Waals surface area (Å²) in [6.07, 6.45) is 1.64. The molecule has 0 bridgehead atoms. The lowest BCUT2D eigenvalue weighted by Gasteiger charge is -2.19. The Morgan fingerprint density at radius 1 is 0.913 bits per heavy atom. The third kappa shape index (κ3) is 3.64. The molecule has 23 heavy (non-hydrogen) atoms. The van der Waals surface area contributed by atoms with Crippen LogP contribution < -0.4 is 5.32 Å². The van der Waals surface area contributed by atoms with E-state index in [4.69, 9.17) is 0 Å². The van der Waals surface area contributed by atoms with E-state index < -0.39 is 6.04 Å². The van der Waals surface area contributed by atoms with E-state index in [1.807, 2.05) is 73.7 Å². The van der Waals surface area contributed by atoms with Crippen LogP contribution in [-0.2, 0) is 0 Å². The van der Waals surface area contributed by atoms with Crippen molar-refractivity contribution in [3.05, 3.63) is 95.8 Å². The molecule has 114 valence electrons. The third-order valence-electron chi connectivity index (χ3n) is 3.68. The van der Waals surface area contributed by atoms with Crippen molar-refractivity contribution in [2.45, 2.75) is 13.0 Å². The van der Waals surface area contributed by atoms with Crippen molar-refractivity contribution in [3.63, 3.8) is 0 Å². The number of nitrogens with one attached hydrogen (secondary N) is 1. The fraction of sp³-hybridized carbons (Fsp3) is 0.100. The fourth-order valence-corrected chi connectivity index (χ4v) is 2.42. The maximum atomic E-state index is 12.9. The summed E-state index contributed by atoms with van der Waals surface area (Å²) in [5, 5.41) is 3.33. The van der Waals surface area contributed by atoms with Gasteiger partial charge in [-0.1, -0.05) is 54.1 Å². The van der Waals surface area contributed by atoms with E-state index in [1.165, 1.54) is 5.56 Å². The van der Waals surface area contributed by atoms with E-state index >= 15 is 0 Å². The van der Waals surface area contributed by atoms with Crippen molar-refractivity contribution >= 4 is 11.5 Å². The first-order chi connectivity index (χ1) is 11.2. The topological polar surface area (TPSA) is 42.0 Å². The van der Waals surface area contributed by atoms with E-state index in [9.17, 15) is 4.79 Å². The minimum atomic E-state index is -0.464. The summed E-state index contributed by atoms with van der Waals surface area (Å²) >= 11 is 0. The van der Waals surface area contributed by atoms with Crippen LogP contribution in [0.15, 0.2) is 79.0 Å². The van der Waals surface area contributed by atoms with Gasteiger partial charge < -0.3 is 5.32 Å². The van der Waals surface area contributed by atoms with Gasteiger partial charge in [-0.25, -0.2) is 0 Å². The second-order valence-electron chi connectivity index (χ2n) is 5.43. The summed E-state index contributed by atoms with van der Waals surface area (Å²) in [6, 6.07) is 22.6. The summed E-state index contributed by atoms with van der Waals surface area (Å²) in [5.41, 5.74) is 3.47. The molecule has 3 aromatic rings.